The van der Waals surface area contributed by atoms with Gasteiger partial charge in [0.2, 0.25) is 0 Å². The number of rotatable bonds is 7. The third-order valence-corrected chi connectivity index (χ3v) is 6.08. The molecule has 2 heterocycles. The Hall–Kier alpha value is -2.40. The van der Waals surface area contributed by atoms with Crippen LogP contribution in [0.25, 0.3) is 0 Å². The van der Waals surface area contributed by atoms with Crippen LogP contribution in [0.2, 0.25) is 0 Å². The molecule has 1 N–H and O–H groups in total. The molecule has 5 heteroatoms. The van der Waals surface area contributed by atoms with E-state index in [4.69, 9.17) is 4.42 Å². The van der Waals surface area contributed by atoms with Gasteiger partial charge in [0.1, 0.15) is 17.3 Å². The minimum absolute atomic E-state index is 0.0531. The van der Waals surface area contributed by atoms with Crippen LogP contribution in [0.4, 0.5) is 4.39 Å². The Morgan fingerprint density at radius 3 is 2.39 bits per heavy atom. The number of hydrogen-bond acceptors (Lipinski definition) is 4. The smallest absolute Gasteiger partial charge is 0.343 e. The van der Waals surface area contributed by atoms with Gasteiger partial charge in [0, 0.05) is 27.7 Å². The fraction of sp³-hybridized carbons (Fsp3) is 0.348. The summed E-state index contributed by atoms with van der Waals surface area (Å²) in [4.78, 5) is 14.9. The van der Waals surface area contributed by atoms with Gasteiger partial charge in [-0.05, 0) is 56.0 Å². The fourth-order valence-corrected chi connectivity index (χ4v) is 4.43. The van der Waals surface area contributed by atoms with E-state index in [1.165, 1.54) is 12.1 Å². The molecule has 3 nitrogen and oxygen atoms in total. The van der Waals surface area contributed by atoms with Crippen molar-refractivity contribution < 1.29 is 13.9 Å². The third-order valence-electron chi connectivity index (χ3n) is 5.08. The van der Waals surface area contributed by atoms with Gasteiger partial charge in [-0.2, -0.15) is 0 Å². The van der Waals surface area contributed by atoms with Crippen molar-refractivity contribution in [1.82, 2.24) is 0 Å². The second-order valence-electron chi connectivity index (χ2n) is 7.04. The molecule has 148 valence electrons. The van der Waals surface area contributed by atoms with Crippen LogP contribution in [0.5, 0.6) is 5.75 Å². The number of aryl methyl sites for hydroxylation is 1. The Bertz CT molecular complexity index is 1000. The van der Waals surface area contributed by atoms with Crippen LogP contribution in [-0.2, 0) is 19.3 Å². The lowest BCUT2D eigenvalue weighted by Crippen LogP contribution is -2.15. The summed E-state index contributed by atoms with van der Waals surface area (Å²) < 4.78 is 18.9. The standard InChI is InChI=1S/C23H25FO3S/c1-4-16(12-15-7-9-17(24)10-8-15)22-19(5-2)21(25)20(23(26)27-22)13-18-11-6-14(3)28-18/h6-11,16,25H,4-5,12-13H2,1-3H3. The van der Waals surface area contributed by atoms with Crippen molar-refractivity contribution >= 4 is 11.3 Å². The predicted molar refractivity (Wildman–Crippen MR) is 111 cm³/mol. The van der Waals surface area contributed by atoms with Crippen molar-refractivity contribution in [1.29, 1.82) is 0 Å². The van der Waals surface area contributed by atoms with E-state index in [9.17, 15) is 14.3 Å². The third kappa shape index (κ3) is 4.36. The van der Waals surface area contributed by atoms with Gasteiger partial charge in [0.15, 0.2) is 0 Å². The average molecular weight is 401 g/mol. The molecule has 3 aromatic rings. The molecule has 0 aliphatic rings. The van der Waals surface area contributed by atoms with E-state index in [-0.39, 0.29) is 17.5 Å². The first-order chi connectivity index (χ1) is 13.4. The summed E-state index contributed by atoms with van der Waals surface area (Å²) in [6, 6.07) is 10.3. The van der Waals surface area contributed by atoms with Crippen molar-refractivity contribution in [3.05, 3.63) is 84.8 Å². The van der Waals surface area contributed by atoms with E-state index in [1.54, 1.807) is 23.5 Å². The summed E-state index contributed by atoms with van der Waals surface area (Å²) in [7, 11) is 0. The van der Waals surface area contributed by atoms with Crippen LogP contribution >= 0.6 is 11.3 Å². The topological polar surface area (TPSA) is 50.4 Å². The van der Waals surface area contributed by atoms with Crippen molar-refractivity contribution in [3.63, 3.8) is 0 Å². The van der Waals surface area contributed by atoms with Crippen LogP contribution in [0.3, 0.4) is 0 Å². The molecule has 0 aliphatic carbocycles. The molecule has 0 fully saturated rings. The Morgan fingerprint density at radius 2 is 1.82 bits per heavy atom. The fourth-order valence-electron chi connectivity index (χ4n) is 3.53. The Balaban J connectivity index is 1.97. The van der Waals surface area contributed by atoms with Gasteiger partial charge >= 0.3 is 5.63 Å². The highest BCUT2D eigenvalue weighted by molar-refractivity contribution is 7.11. The lowest BCUT2D eigenvalue weighted by atomic mass is 9.90. The van der Waals surface area contributed by atoms with Gasteiger partial charge in [-0.15, -0.1) is 11.3 Å². The summed E-state index contributed by atoms with van der Waals surface area (Å²) in [6.07, 6.45) is 2.31. The number of halogens is 1. The van der Waals surface area contributed by atoms with Gasteiger partial charge in [-0.25, -0.2) is 9.18 Å². The normalized spacial score (nSPS) is 12.3. The number of benzene rings is 1. The second kappa shape index (κ2) is 8.74. The van der Waals surface area contributed by atoms with Crippen LogP contribution in [-0.4, -0.2) is 5.11 Å². The molecule has 1 unspecified atom stereocenters. The maximum Gasteiger partial charge on any atom is 0.343 e. The summed E-state index contributed by atoms with van der Waals surface area (Å²) in [6.45, 7) is 5.98. The van der Waals surface area contributed by atoms with Crippen LogP contribution < -0.4 is 5.63 Å². The minimum atomic E-state index is -0.478. The first-order valence-electron chi connectivity index (χ1n) is 9.60. The van der Waals surface area contributed by atoms with Gasteiger partial charge in [-0.3, -0.25) is 0 Å². The van der Waals surface area contributed by atoms with E-state index in [0.29, 0.717) is 36.1 Å². The summed E-state index contributed by atoms with van der Waals surface area (Å²) in [5.74, 6) is 0.265. The molecule has 0 saturated carbocycles. The second-order valence-corrected chi connectivity index (χ2v) is 8.41. The summed E-state index contributed by atoms with van der Waals surface area (Å²) in [5.41, 5.74) is 1.50. The minimum Gasteiger partial charge on any atom is -0.507 e. The van der Waals surface area contributed by atoms with Gasteiger partial charge in [0.25, 0.3) is 0 Å². The zero-order valence-electron chi connectivity index (χ0n) is 16.4. The number of thiophene rings is 1. The summed E-state index contributed by atoms with van der Waals surface area (Å²) in [5, 5.41) is 10.9. The SMILES string of the molecule is CCc1c(C(CC)Cc2ccc(F)cc2)oc(=O)c(Cc2ccc(C)s2)c1O. The van der Waals surface area contributed by atoms with Gasteiger partial charge in [-0.1, -0.05) is 26.0 Å². The summed E-state index contributed by atoms with van der Waals surface area (Å²) >= 11 is 1.61. The monoisotopic (exact) mass is 400 g/mol. The maximum atomic E-state index is 13.2. The molecule has 28 heavy (non-hydrogen) atoms. The molecule has 0 amide bonds. The number of aromatic hydroxyl groups is 1. The first kappa shape index (κ1) is 20.3. The Labute approximate surface area is 168 Å². The molecule has 1 aromatic carbocycles. The zero-order chi connectivity index (χ0) is 20.3. The highest BCUT2D eigenvalue weighted by atomic mass is 32.1. The molecule has 3 rings (SSSR count). The maximum absolute atomic E-state index is 13.2. The van der Waals surface area contributed by atoms with E-state index < -0.39 is 5.63 Å². The molecule has 0 aliphatic heterocycles. The molecular formula is C23H25FO3S. The highest BCUT2D eigenvalue weighted by Gasteiger charge is 2.24. The van der Waals surface area contributed by atoms with Crippen molar-refractivity contribution in [2.24, 2.45) is 0 Å². The van der Waals surface area contributed by atoms with Crippen molar-refractivity contribution in [2.45, 2.75) is 52.4 Å². The Kier molecular flexibility index (Phi) is 6.35. The Morgan fingerprint density at radius 1 is 1.11 bits per heavy atom. The molecule has 2 aromatic heterocycles. The zero-order valence-corrected chi connectivity index (χ0v) is 17.2. The lowest BCUT2D eigenvalue weighted by molar-refractivity contribution is 0.377. The predicted octanol–water partition coefficient (Wildman–Crippen LogP) is 5.74. The quantitative estimate of drug-likeness (QED) is 0.550. The van der Waals surface area contributed by atoms with Crippen LogP contribution in [0.1, 0.15) is 58.4 Å². The molecule has 1 atom stereocenters. The first-order valence-corrected chi connectivity index (χ1v) is 10.4. The molecule has 0 saturated heterocycles. The number of hydrogen-bond donors (Lipinski definition) is 1. The van der Waals surface area contributed by atoms with Crippen LogP contribution in [0.15, 0.2) is 45.6 Å². The van der Waals surface area contributed by atoms with E-state index >= 15 is 0 Å². The van der Waals surface area contributed by atoms with E-state index in [1.807, 2.05) is 32.9 Å². The highest BCUT2D eigenvalue weighted by Crippen LogP contribution is 2.34. The average Bonchev–Trinajstić information content (AvgIpc) is 3.09. The van der Waals surface area contributed by atoms with E-state index in [2.05, 4.69) is 0 Å². The lowest BCUT2D eigenvalue weighted by Gasteiger charge is -2.19. The van der Waals surface area contributed by atoms with Gasteiger partial charge in [0.05, 0.1) is 5.56 Å². The van der Waals surface area contributed by atoms with E-state index in [0.717, 1.165) is 21.7 Å². The molecule has 0 bridgehead atoms. The van der Waals surface area contributed by atoms with Gasteiger partial charge < -0.3 is 9.52 Å². The largest absolute Gasteiger partial charge is 0.507 e. The molecule has 0 spiro atoms. The van der Waals surface area contributed by atoms with Crippen molar-refractivity contribution in [3.8, 4) is 5.75 Å². The molecule has 0 radical (unpaired) electrons. The molecular weight excluding hydrogens is 375 g/mol. The van der Waals surface area contributed by atoms with Crippen molar-refractivity contribution in [2.75, 3.05) is 0 Å². The van der Waals surface area contributed by atoms with Crippen LogP contribution in [0, 0.1) is 12.7 Å².